The summed E-state index contributed by atoms with van der Waals surface area (Å²) in [5, 5.41) is 0. The van der Waals surface area contributed by atoms with E-state index in [1.165, 1.54) is 12.8 Å². The molecular weight excluding hydrogens is 178 g/mol. The second kappa shape index (κ2) is 5.32. The fourth-order valence-electron chi connectivity index (χ4n) is 1.81. The van der Waals surface area contributed by atoms with Gasteiger partial charge in [-0.3, -0.25) is 15.1 Å². The first-order valence-corrected chi connectivity index (χ1v) is 5.47. The van der Waals surface area contributed by atoms with E-state index in [4.69, 9.17) is 5.84 Å². The maximum atomic E-state index is 11.5. The summed E-state index contributed by atoms with van der Waals surface area (Å²) in [6, 6.07) is -0.0504. The molecule has 0 aromatic heterocycles. The average molecular weight is 199 g/mol. The summed E-state index contributed by atoms with van der Waals surface area (Å²) in [6.07, 6.45) is 3.46. The van der Waals surface area contributed by atoms with E-state index < -0.39 is 0 Å². The van der Waals surface area contributed by atoms with Crippen LogP contribution in [0.4, 0.5) is 0 Å². The second-order valence-corrected chi connectivity index (χ2v) is 3.96. The van der Waals surface area contributed by atoms with Gasteiger partial charge in [-0.15, -0.1) is 0 Å². The summed E-state index contributed by atoms with van der Waals surface area (Å²) in [7, 11) is 0. The number of amides is 1. The van der Waals surface area contributed by atoms with Gasteiger partial charge in [0.15, 0.2) is 0 Å². The molecular formula is C10H21N3O. The number of hydrazine groups is 1. The van der Waals surface area contributed by atoms with Crippen molar-refractivity contribution in [3.63, 3.8) is 0 Å². The quantitative estimate of drug-likeness (QED) is 0.372. The molecule has 0 radical (unpaired) electrons. The van der Waals surface area contributed by atoms with Crippen molar-refractivity contribution in [2.45, 2.75) is 39.2 Å². The summed E-state index contributed by atoms with van der Waals surface area (Å²) < 4.78 is 0. The molecule has 1 amide bonds. The monoisotopic (exact) mass is 199 g/mol. The van der Waals surface area contributed by atoms with E-state index >= 15 is 0 Å². The van der Waals surface area contributed by atoms with Gasteiger partial charge in [0.05, 0.1) is 6.04 Å². The molecule has 1 rings (SSSR count). The number of nitrogens with one attached hydrogen (secondary N) is 1. The average Bonchev–Trinajstić information content (AvgIpc) is 3.00. The Morgan fingerprint density at radius 2 is 2.21 bits per heavy atom. The van der Waals surface area contributed by atoms with Gasteiger partial charge in [-0.1, -0.05) is 13.8 Å². The number of hydrogen-bond acceptors (Lipinski definition) is 3. The molecule has 1 fully saturated rings. The third kappa shape index (κ3) is 2.96. The highest BCUT2D eigenvalue weighted by Crippen LogP contribution is 2.30. The number of nitrogens with two attached hydrogens (primary N) is 1. The van der Waals surface area contributed by atoms with Crippen molar-refractivity contribution >= 4 is 5.91 Å². The fourth-order valence-corrected chi connectivity index (χ4v) is 1.81. The number of carbonyl (C=O) groups is 1. The van der Waals surface area contributed by atoms with Crippen LogP contribution in [0.1, 0.15) is 33.1 Å². The van der Waals surface area contributed by atoms with E-state index in [9.17, 15) is 4.79 Å². The molecule has 1 aliphatic rings. The smallest absolute Gasteiger partial charge is 0.251 e. The van der Waals surface area contributed by atoms with Crippen molar-refractivity contribution in [2.24, 2.45) is 11.8 Å². The molecule has 4 heteroatoms. The van der Waals surface area contributed by atoms with Crippen molar-refractivity contribution in [3.05, 3.63) is 0 Å². The molecule has 1 atom stereocenters. The van der Waals surface area contributed by atoms with Crippen LogP contribution >= 0.6 is 0 Å². The van der Waals surface area contributed by atoms with Crippen LogP contribution in [0.5, 0.6) is 0 Å². The molecule has 14 heavy (non-hydrogen) atoms. The van der Waals surface area contributed by atoms with Crippen molar-refractivity contribution in [3.8, 4) is 0 Å². The summed E-state index contributed by atoms with van der Waals surface area (Å²) in [5.41, 5.74) is 2.24. The minimum Gasteiger partial charge on any atom is -0.293 e. The molecule has 3 N–H and O–H groups in total. The number of hydrogen-bond donors (Lipinski definition) is 2. The predicted molar refractivity (Wildman–Crippen MR) is 56.4 cm³/mol. The molecule has 1 aliphatic carbocycles. The summed E-state index contributed by atoms with van der Waals surface area (Å²) in [4.78, 5) is 13.7. The Labute approximate surface area is 85.8 Å². The Morgan fingerprint density at radius 3 is 2.57 bits per heavy atom. The number of likely N-dealkylation sites (N-methyl/N-ethyl adjacent to an activating group) is 1. The number of nitrogens with zero attached hydrogens (tertiary/aromatic N) is 1. The van der Waals surface area contributed by atoms with Gasteiger partial charge in [0.1, 0.15) is 0 Å². The Bertz CT molecular complexity index is 192. The van der Waals surface area contributed by atoms with Crippen LogP contribution < -0.4 is 11.3 Å². The molecule has 4 nitrogen and oxygen atoms in total. The molecule has 0 aliphatic heterocycles. The summed E-state index contributed by atoms with van der Waals surface area (Å²) >= 11 is 0. The molecule has 0 bridgehead atoms. The summed E-state index contributed by atoms with van der Waals surface area (Å²) in [5.74, 6) is 5.92. The van der Waals surface area contributed by atoms with Gasteiger partial charge in [0.25, 0.3) is 5.91 Å². The van der Waals surface area contributed by atoms with E-state index in [0.29, 0.717) is 0 Å². The molecule has 1 unspecified atom stereocenters. The van der Waals surface area contributed by atoms with Crippen LogP contribution in [-0.4, -0.2) is 29.9 Å². The standard InChI is InChI=1S/C10H21N3O/c1-3-9(10(14)12-11)13(4-2)7-8-5-6-8/h8-9H,3-7,11H2,1-2H3,(H,12,14). The highest BCUT2D eigenvalue weighted by Gasteiger charge is 2.29. The molecule has 0 spiro atoms. The Morgan fingerprint density at radius 1 is 1.57 bits per heavy atom. The van der Waals surface area contributed by atoms with Gasteiger partial charge in [0, 0.05) is 6.54 Å². The third-order valence-electron chi connectivity index (χ3n) is 2.87. The highest BCUT2D eigenvalue weighted by molar-refractivity contribution is 5.81. The molecule has 0 saturated heterocycles. The van der Waals surface area contributed by atoms with Gasteiger partial charge in [-0.2, -0.15) is 0 Å². The maximum Gasteiger partial charge on any atom is 0.251 e. The van der Waals surface area contributed by atoms with Crippen molar-refractivity contribution in [1.29, 1.82) is 0 Å². The highest BCUT2D eigenvalue weighted by atomic mass is 16.2. The lowest BCUT2D eigenvalue weighted by molar-refractivity contribution is -0.126. The molecule has 0 aromatic rings. The zero-order valence-electron chi connectivity index (χ0n) is 9.12. The summed E-state index contributed by atoms with van der Waals surface area (Å²) in [6.45, 7) is 6.08. The Hall–Kier alpha value is -0.610. The van der Waals surface area contributed by atoms with Crippen molar-refractivity contribution in [2.75, 3.05) is 13.1 Å². The van der Waals surface area contributed by atoms with Crippen LogP contribution in [0.3, 0.4) is 0 Å². The minimum atomic E-state index is -0.0602. The predicted octanol–water partition coefficient (Wildman–Crippen LogP) is 0.487. The molecule has 0 aromatic carbocycles. The maximum absolute atomic E-state index is 11.5. The Balaban J connectivity index is 2.48. The second-order valence-electron chi connectivity index (χ2n) is 3.96. The van der Waals surface area contributed by atoms with Crippen LogP contribution in [0.25, 0.3) is 0 Å². The van der Waals surface area contributed by atoms with Gasteiger partial charge < -0.3 is 0 Å². The fraction of sp³-hybridized carbons (Fsp3) is 0.900. The van der Waals surface area contributed by atoms with Crippen molar-refractivity contribution < 1.29 is 4.79 Å². The largest absolute Gasteiger partial charge is 0.293 e. The van der Waals surface area contributed by atoms with E-state index in [-0.39, 0.29) is 11.9 Å². The van der Waals surface area contributed by atoms with Crippen LogP contribution in [0.15, 0.2) is 0 Å². The molecule has 0 heterocycles. The van der Waals surface area contributed by atoms with Gasteiger partial charge in [-0.05, 0) is 31.7 Å². The first-order chi connectivity index (χ1) is 6.72. The number of rotatable bonds is 6. The van der Waals surface area contributed by atoms with Gasteiger partial charge >= 0.3 is 0 Å². The lowest BCUT2D eigenvalue weighted by atomic mass is 10.1. The number of carbonyl (C=O) groups excluding carboxylic acids is 1. The normalized spacial score (nSPS) is 18.3. The van der Waals surface area contributed by atoms with Gasteiger partial charge in [-0.25, -0.2) is 5.84 Å². The van der Waals surface area contributed by atoms with Crippen LogP contribution in [0, 0.1) is 5.92 Å². The van der Waals surface area contributed by atoms with Crippen LogP contribution in [-0.2, 0) is 4.79 Å². The van der Waals surface area contributed by atoms with E-state index in [2.05, 4.69) is 17.2 Å². The zero-order chi connectivity index (χ0) is 10.6. The minimum absolute atomic E-state index is 0.0504. The van der Waals surface area contributed by atoms with E-state index in [0.717, 1.165) is 25.4 Å². The lowest BCUT2D eigenvalue weighted by Crippen LogP contribution is -2.49. The van der Waals surface area contributed by atoms with E-state index in [1.807, 2.05) is 6.92 Å². The Kier molecular flexibility index (Phi) is 4.35. The van der Waals surface area contributed by atoms with E-state index in [1.54, 1.807) is 0 Å². The topological polar surface area (TPSA) is 58.4 Å². The first kappa shape index (κ1) is 11.5. The van der Waals surface area contributed by atoms with Gasteiger partial charge in [0.2, 0.25) is 0 Å². The lowest BCUT2D eigenvalue weighted by Gasteiger charge is -2.28. The third-order valence-corrected chi connectivity index (χ3v) is 2.87. The zero-order valence-corrected chi connectivity index (χ0v) is 9.12. The van der Waals surface area contributed by atoms with Crippen molar-refractivity contribution in [1.82, 2.24) is 10.3 Å². The SMILES string of the molecule is CCC(C(=O)NN)N(CC)CC1CC1. The first-order valence-electron chi connectivity index (χ1n) is 5.47. The molecule has 82 valence electrons. The van der Waals surface area contributed by atoms with Crippen LogP contribution in [0.2, 0.25) is 0 Å². The molecule has 1 saturated carbocycles.